The van der Waals surface area contributed by atoms with Gasteiger partial charge in [0.1, 0.15) is 5.84 Å². The van der Waals surface area contributed by atoms with Crippen molar-refractivity contribution in [3.63, 3.8) is 0 Å². The zero-order valence-corrected chi connectivity index (χ0v) is 21.1. The lowest BCUT2D eigenvalue weighted by molar-refractivity contribution is 0.0535. The van der Waals surface area contributed by atoms with Crippen molar-refractivity contribution in [1.29, 1.82) is 10.8 Å². The number of sulfonamides is 1. The molecule has 2 aromatic carbocycles. The van der Waals surface area contributed by atoms with Gasteiger partial charge in [-0.25, -0.2) is 8.42 Å². The lowest BCUT2D eigenvalue weighted by Gasteiger charge is -2.35. The van der Waals surface area contributed by atoms with Crippen molar-refractivity contribution in [2.75, 3.05) is 52.4 Å². The van der Waals surface area contributed by atoms with E-state index in [4.69, 9.17) is 22.3 Å². The number of rotatable bonds is 5. The number of nitrogens with one attached hydrogen (secondary N) is 2. The molecule has 2 aliphatic rings. The Morgan fingerprint density at radius 1 is 0.676 bits per heavy atom. The van der Waals surface area contributed by atoms with Gasteiger partial charge >= 0.3 is 0 Å². The second-order valence-corrected chi connectivity index (χ2v) is 10.8. The lowest BCUT2D eigenvalue weighted by atomic mass is 10.1. The van der Waals surface area contributed by atoms with E-state index < -0.39 is 10.0 Å². The van der Waals surface area contributed by atoms with E-state index in [0.29, 0.717) is 50.4 Å². The molecule has 6 N–H and O–H groups in total. The van der Waals surface area contributed by atoms with Gasteiger partial charge < -0.3 is 26.2 Å². The van der Waals surface area contributed by atoms with Crippen molar-refractivity contribution in [2.24, 2.45) is 11.5 Å². The van der Waals surface area contributed by atoms with Gasteiger partial charge in [-0.3, -0.25) is 20.4 Å². The minimum atomic E-state index is -3.81. The highest BCUT2D eigenvalue weighted by Crippen LogP contribution is 2.20. The van der Waals surface area contributed by atoms with Crippen LogP contribution in [0.2, 0.25) is 0 Å². The van der Waals surface area contributed by atoms with Crippen molar-refractivity contribution in [2.45, 2.75) is 4.90 Å². The second kappa shape index (κ2) is 10.6. The van der Waals surface area contributed by atoms with Crippen LogP contribution in [0.3, 0.4) is 0 Å². The molecule has 4 rings (SSSR count). The maximum absolute atomic E-state index is 13.2. The molecule has 0 radical (unpaired) electrons. The van der Waals surface area contributed by atoms with Crippen LogP contribution in [0.5, 0.6) is 0 Å². The molecule has 0 aromatic heterocycles. The molecular formula is C24H30N8O4S. The van der Waals surface area contributed by atoms with E-state index in [2.05, 4.69) is 0 Å². The van der Waals surface area contributed by atoms with Crippen LogP contribution < -0.4 is 11.5 Å². The highest BCUT2D eigenvalue weighted by atomic mass is 32.2. The van der Waals surface area contributed by atoms with Crippen LogP contribution in [0.25, 0.3) is 0 Å². The maximum Gasteiger partial charge on any atom is 0.254 e. The average Bonchev–Trinajstić information content (AvgIpc) is 2.92. The summed E-state index contributed by atoms with van der Waals surface area (Å²) in [6, 6.07) is 12.5. The quantitative estimate of drug-likeness (QED) is 0.306. The number of hydrogen-bond acceptors (Lipinski definition) is 6. The largest absolute Gasteiger partial charge is 0.384 e. The average molecular weight is 527 g/mol. The van der Waals surface area contributed by atoms with Crippen LogP contribution in [0.4, 0.5) is 0 Å². The summed E-state index contributed by atoms with van der Waals surface area (Å²) in [6.07, 6.45) is 0. The zero-order chi connectivity index (χ0) is 26.7. The van der Waals surface area contributed by atoms with Gasteiger partial charge in [0.25, 0.3) is 11.8 Å². The first kappa shape index (κ1) is 26.1. The summed E-state index contributed by atoms with van der Waals surface area (Å²) in [4.78, 5) is 30.9. The van der Waals surface area contributed by atoms with Crippen molar-refractivity contribution in [3.05, 3.63) is 65.2 Å². The van der Waals surface area contributed by atoms with Crippen LogP contribution in [0, 0.1) is 10.8 Å². The van der Waals surface area contributed by atoms with Gasteiger partial charge in [0.05, 0.1) is 4.90 Å². The number of amides is 2. The van der Waals surface area contributed by atoms with Gasteiger partial charge in [-0.2, -0.15) is 4.31 Å². The maximum atomic E-state index is 13.2. The summed E-state index contributed by atoms with van der Waals surface area (Å²) in [5.74, 6) is -0.618. The summed E-state index contributed by atoms with van der Waals surface area (Å²) in [6.45, 7) is 2.39. The highest BCUT2D eigenvalue weighted by Gasteiger charge is 2.30. The monoisotopic (exact) mass is 526 g/mol. The minimum Gasteiger partial charge on any atom is -0.384 e. The summed E-state index contributed by atoms with van der Waals surface area (Å²) >= 11 is 0. The number of carbonyl (C=O) groups is 2. The standard InChI is InChI=1S/C24H30N8O4S/c25-21(26)17-4-6-18(7-5-17)22(33)29-8-10-30(11-9-29)23(34)19-2-1-3-20(16-19)37(35,36)32-14-12-31(13-15-32)24(27)28/h1-7,16H,8-15H2,(H3,25,26)(H3,27,28). The number of carbonyl (C=O) groups excluding carboxylic acids is 2. The molecule has 2 heterocycles. The van der Waals surface area contributed by atoms with Crippen LogP contribution in [0.1, 0.15) is 26.3 Å². The van der Waals surface area contributed by atoms with Gasteiger partial charge in [-0.1, -0.05) is 18.2 Å². The Labute approximate surface area is 215 Å². The molecule has 0 atom stereocenters. The highest BCUT2D eigenvalue weighted by molar-refractivity contribution is 7.89. The van der Waals surface area contributed by atoms with E-state index in [9.17, 15) is 18.0 Å². The Morgan fingerprint density at radius 3 is 1.68 bits per heavy atom. The van der Waals surface area contributed by atoms with Crippen LogP contribution in [0.15, 0.2) is 53.4 Å². The van der Waals surface area contributed by atoms with Gasteiger partial charge in [-0.15, -0.1) is 0 Å². The smallest absolute Gasteiger partial charge is 0.254 e. The Balaban J connectivity index is 1.38. The van der Waals surface area contributed by atoms with E-state index in [1.54, 1.807) is 51.1 Å². The van der Waals surface area contributed by atoms with Crippen molar-refractivity contribution in [1.82, 2.24) is 19.0 Å². The summed E-state index contributed by atoms with van der Waals surface area (Å²) in [5.41, 5.74) is 12.2. The van der Waals surface area contributed by atoms with Crippen LogP contribution in [-0.4, -0.2) is 103 Å². The number of nitrogens with two attached hydrogens (primary N) is 2. The molecule has 0 unspecified atom stereocenters. The summed E-state index contributed by atoms with van der Waals surface area (Å²) in [7, 11) is -3.81. The number of nitrogen functional groups attached to an aromatic ring is 1. The van der Waals surface area contributed by atoms with E-state index in [-0.39, 0.29) is 47.2 Å². The van der Waals surface area contributed by atoms with Gasteiger partial charge in [0, 0.05) is 69.0 Å². The molecule has 0 spiro atoms. The first-order valence-corrected chi connectivity index (χ1v) is 13.2. The Kier molecular flexibility index (Phi) is 7.45. The van der Waals surface area contributed by atoms with Gasteiger partial charge in [0.15, 0.2) is 5.96 Å². The predicted molar refractivity (Wildman–Crippen MR) is 138 cm³/mol. The van der Waals surface area contributed by atoms with Crippen LogP contribution >= 0.6 is 0 Å². The fraction of sp³-hybridized carbons (Fsp3) is 0.333. The third kappa shape index (κ3) is 5.57. The third-order valence-electron chi connectivity index (χ3n) is 6.60. The minimum absolute atomic E-state index is 0.0393. The third-order valence-corrected chi connectivity index (χ3v) is 8.49. The molecule has 12 nitrogen and oxygen atoms in total. The molecular weight excluding hydrogens is 496 g/mol. The number of hydrogen-bond donors (Lipinski definition) is 4. The molecule has 2 aliphatic heterocycles. The fourth-order valence-electron chi connectivity index (χ4n) is 4.38. The Bertz CT molecular complexity index is 1310. The Hall–Kier alpha value is -3.97. The molecule has 0 aliphatic carbocycles. The molecule has 2 saturated heterocycles. The van der Waals surface area contributed by atoms with Gasteiger partial charge in [0.2, 0.25) is 10.0 Å². The lowest BCUT2D eigenvalue weighted by Crippen LogP contribution is -2.52. The molecule has 0 saturated carbocycles. The van der Waals surface area contributed by atoms with Crippen LogP contribution in [-0.2, 0) is 10.0 Å². The molecule has 37 heavy (non-hydrogen) atoms. The molecule has 196 valence electrons. The number of amidine groups is 1. The fourth-order valence-corrected chi connectivity index (χ4v) is 5.85. The summed E-state index contributed by atoms with van der Waals surface area (Å²) in [5, 5.41) is 15.0. The molecule has 2 aromatic rings. The number of guanidine groups is 1. The first-order chi connectivity index (χ1) is 17.6. The number of benzene rings is 2. The first-order valence-electron chi connectivity index (χ1n) is 11.8. The topological polar surface area (TPSA) is 181 Å². The summed E-state index contributed by atoms with van der Waals surface area (Å²) < 4.78 is 27.7. The Morgan fingerprint density at radius 2 is 1.16 bits per heavy atom. The van der Waals surface area contributed by atoms with Crippen molar-refractivity contribution < 1.29 is 18.0 Å². The second-order valence-electron chi connectivity index (χ2n) is 8.88. The zero-order valence-electron chi connectivity index (χ0n) is 20.3. The van der Waals surface area contributed by atoms with E-state index in [1.165, 1.54) is 16.4 Å². The van der Waals surface area contributed by atoms with Crippen molar-refractivity contribution in [3.8, 4) is 0 Å². The normalized spacial score (nSPS) is 16.9. The molecule has 13 heteroatoms. The van der Waals surface area contributed by atoms with Gasteiger partial charge in [-0.05, 0) is 30.3 Å². The van der Waals surface area contributed by atoms with E-state index in [0.717, 1.165) is 0 Å². The van der Waals surface area contributed by atoms with E-state index >= 15 is 0 Å². The number of piperazine rings is 2. The molecule has 0 bridgehead atoms. The number of nitrogens with zero attached hydrogens (tertiary/aromatic N) is 4. The molecule has 2 fully saturated rings. The predicted octanol–water partition coefficient (Wildman–Crippen LogP) is -0.231. The SMILES string of the molecule is N=C(N)c1ccc(C(=O)N2CCN(C(=O)c3cccc(S(=O)(=O)N4CCN(C(=N)N)CC4)c3)CC2)cc1. The van der Waals surface area contributed by atoms with Crippen molar-refractivity contribution >= 4 is 33.6 Å². The van der Waals surface area contributed by atoms with E-state index in [1.807, 2.05) is 0 Å². The molecule has 2 amide bonds.